The standard InChI is InChI=1S/C25H21FN6/c1-31-22-6-5-17(11-19(22)14-30-31)25-24(16-3-4-18(13-28)21(26)12-16)20-7-10-32(9-2-8-27)23(20)15-29-25/h3-7,10-12,14-15H,2,8-9,27H2,1H3. The molecule has 7 heteroatoms. The van der Waals surface area contributed by atoms with E-state index in [0.717, 1.165) is 51.6 Å². The van der Waals surface area contributed by atoms with Gasteiger partial charge in [0.25, 0.3) is 0 Å². The molecule has 0 bridgehead atoms. The number of pyridine rings is 1. The summed E-state index contributed by atoms with van der Waals surface area (Å²) in [7, 11) is 1.90. The topological polar surface area (TPSA) is 85.4 Å². The average Bonchev–Trinajstić information content (AvgIpc) is 3.40. The van der Waals surface area contributed by atoms with Crippen molar-refractivity contribution in [1.29, 1.82) is 5.26 Å². The van der Waals surface area contributed by atoms with Crippen LogP contribution >= 0.6 is 0 Å². The monoisotopic (exact) mass is 424 g/mol. The molecule has 0 saturated carbocycles. The number of fused-ring (bicyclic) bond motifs is 2. The molecule has 2 N–H and O–H groups in total. The number of nitrogens with two attached hydrogens (primary N) is 1. The first kappa shape index (κ1) is 19.9. The van der Waals surface area contributed by atoms with Crippen LogP contribution in [0, 0.1) is 17.1 Å². The first-order chi connectivity index (χ1) is 15.6. The Bertz CT molecular complexity index is 1500. The second-order valence-electron chi connectivity index (χ2n) is 7.78. The minimum absolute atomic E-state index is 0.0210. The van der Waals surface area contributed by atoms with Gasteiger partial charge in [-0.2, -0.15) is 10.4 Å². The van der Waals surface area contributed by atoms with Crippen LogP contribution in [0.3, 0.4) is 0 Å². The molecule has 0 aliphatic carbocycles. The number of halogens is 1. The Labute approximate surface area is 184 Å². The maximum Gasteiger partial charge on any atom is 0.141 e. The first-order valence-corrected chi connectivity index (χ1v) is 10.4. The third-order valence-corrected chi connectivity index (χ3v) is 5.83. The molecule has 3 aromatic heterocycles. The Morgan fingerprint density at radius 1 is 1.06 bits per heavy atom. The van der Waals surface area contributed by atoms with Crippen LogP contribution in [0.2, 0.25) is 0 Å². The summed E-state index contributed by atoms with van der Waals surface area (Å²) in [5, 5.41) is 15.5. The number of hydrogen-bond donors (Lipinski definition) is 1. The maximum absolute atomic E-state index is 14.6. The number of benzene rings is 2. The van der Waals surface area contributed by atoms with Gasteiger partial charge in [-0.25, -0.2) is 4.39 Å². The van der Waals surface area contributed by atoms with E-state index in [1.807, 2.05) is 60.7 Å². The van der Waals surface area contributed by atoms with Crippen LogP contribution < -0.4 is 5.73 Å². The van der Waals surface area contributed by atoms with E-state index in [1.54, 1.807) is 6.07 Å². The van der Waals surface area contributed by atoms with Crippen LogP contribution in [0.25, 0.3) is 44.2 Å². The van der Waals surface area contributed by atoms with E-state index >= 15 is 0 Å². The molecule has 0 aliphatic heterocycles. The Hall–Kier alpha value is -4.02. The quantitative estimate of drug-likeness (QED) is 0.446. The van der Waals surface area contributed by atoms with Crippen molar-refractivity contribution in [2.75, 3.05) is 6.54 Å². The fourth-order valence-electron chi connectivity index (χ4n) is 4.20. The van der Waals surface area contributed by atoms with E-state index in [-0.39, 0.29) is 5.56 Å². The highest BCUT2D eigenvalue weighted by Gasteiger charge is 2.18. The van der Waals surface area contributed by atoms with Crippen LogP contribution in [0.5, 0.6) is 0 Å². The number of aromatic nitrogens is 4. The molecular weight excluding hydrogens is 403 g/mol. The Morgan fingerprint density at radius 3 is 2.69 bits per heavy atom. The van der Waals surface area contributed by atoms with Gasteiger partial charge in [0.05, 0.1) is 34.7 Å². The van der Waals surface area contributed by atoms with Gasteiger partial charge in [-0.05, 0) is 48.9 Å². The minimum atomic E-state index is -0.543. The van der Waals surface area contributed by atoms with E-state index in [9.17, 15) is 4.39 Å². The van der Waals surface area contributed by atoms with Crippen molar-refractivity contribution in [3.63, 3.8) is 0 Å². The van der Waals surface area contributed by atoms with Crippen LogP contribution in [-0.2, 0) is 13.6 Å². The average molecular weight is 424 g/mol. The lowest BCUT2D eigenvalue weighted by Crippen LogP contribution is -2.05. The number of aryl methyl sites for hydroxylation is 2. The summed E-state index contributed by atoms with van der Waals surface area (Å²) in [6, 6.07) is 14.7. The maximum atomic E-state index is 14.6. The zero-order valence-electron chi connectivity index (χ0n) is 17.6. The van der Waals surface area contributed by atoms with Gasteiger partial charge in [-0.3, -0.25) is 9.67 Å². The zero-order valence-corrected chi connectivity index (χ0v) is 17.6. The van der Waals surface area contributed by atoms with Crippen LogP contribution in [-0.4, -0.2) is 25.9 Å². The van der Waals surface area contributed by atoms with Gasteiger partial charge in [-0.1, -0.05) is 12.1 Å². The van der Waals surface area contributed by atoms with Crippen LogP contribution in [0.1, 0.15) is 12.0 Å². The molecule has 0 fully saturated rings. The number of rotatable bonds is 5. The summed E-state index contributed by atoms with van der Waals surface area (Å²) in [4.78, 5) is 4.81. The third-order valence-electron chi connectivity index (χ3n) is 5.83. The molecule has 0 spiro atoms. The van der Waals surface area contributed by atoms with Crippen molar-refractivity contribution < 1.29 is 4.39 Å². The molecule has 0 radical (unpaired) electrons. The fraction of sp³-hybridized carbons (Fsp3) is 0.160. The molecule has 158 valence electrons. The zero-order chi connectivity index (χ0) is 22.2. The molecule has 0 aliphatic rings. The molecule has 2 aromatic carbocycles. The highest BCUT2D eigenvalue weighted by Crippen LogP contribution is 2.38. The smallest absolute Gasteiger partial charge is 0.141 e. The second-order valence-corrected chi connectivity index (χ2v) is 7.78. The van der Waals surface area contributed by atoms with Gasteiger partial charge in [-0.15, -0.1) is 0 Å². The van der Waals surface area contributed by atoms with Gasteiger partial charge in [0.2, 0.25) is 0 Å². The molecule has 0 atom stereocenters. The summed E-state index contributed by atoms with van der Waals surface area (Å²) in [5.74, 6) is -0.543. The lowest BCUT2D eigenvalue weighted by atomic mass is 9.95. The van der Waals surface area contributed by atoms with Crippen molar-refractivity contribution in [3.05, 3.63) is 72.4 Å². The highest BCUT2D eigenvalue weighted by atomic mass is 19.1. The summed E-state index contributed by atoms with van der Waals surface area (Å²) < 4.78 is 18.5. The van der Waals surface area contributed by atoms with Crippen molar-refractivity contribution in [2.24, 2.45) is 12.8 Å². The van der Waals surface area contributed by atoms with Crippen molar-refractivity contribution in [3.8, 4) is 28.5 Å². The Kier molecular flexibility index (Phi) is 4.92. The lowest BCUT2D eigenvalue weighted by Gasteiger charge is -2.13. The van der Waals surface area contributed by atoms with Gasteiger partial charge in [0.15, 0.2) is 0 Å². The minimum Gasteiger partial charge on any atom is -0.346 e. The number of nitriles is 1. The normalized spacial score (nSPS) is 11.3. The first-order valence-electron chi connectivity index (χ1n) is 10.4. The van der Waals surface area contributed by atoms with E-state index in [2.05, 4.69) is 9.67 Å². The summed E-state index contributed by atoms with van der Waals surface area (Å²) in [6.45, 7) is 1.38. The summed E-state index contributed by atoms with van der Waals surface area (Å²) in [6.07, 6.45) is 6.55. The molecule has 6 nitrogen and oxygen atoms in total. The molecule has 5 rings (SSSR count). The van der Waals surface area contributed by atoms with Gasteiger partial charge >= 0.3 is 0 Å². The highest BCUT2D eigenvalue weighted by molar-refractivity contribution is 6.02. The summed E-state index contributed by atoms with van der Waals surface area (Å²) in [5.41, 5.74) is 10.9. The van der Waals surface area contributed by atoms with Crippen molar-refractivity contribution in [2.45, 2.75) is 13.0 Å². The number of nitrogens with zero attached hydrogens (tertiary/aromatic N) is 5. The molecule has 0 unspecified atom stereocenters. The second kappa shape index (κ2) is 7.91. The number of hydrogen-bond acceptors (Lipinski definition) is 4. The van der Waals surface area contributed by atoms with Gasteiger partial charge < -0.3 is 10.3 Å². The SMILES string of the molecule is Cn1ncc2cc(-c3ncc4c(ccn4CCCN)c3-c3ccc(C#N)c(F)c3)ccc21. The molecule has 5 aromatic rings. The molecule has 0 amide bonds. The predicted molar refractivity (Wildman–Crippen MR) is 123 cm³/mol. The molecule has 32 heavy (non-hydrogen) atoms. The molecular formula is C25H21FN6. The molecule has 3 heterocycles. The van der Waals surface area contributed by atoms with Crippen molar-refractivity contribution in [1.82, 2.24) is 19.3 Å². The van der Waals surface area contributed by atoms with Crippen LogP contribution in [0.15, 0.2) is 61.1 Å². The van der Waals surface area contributed by atoms with E-state index in [1.165, 1.54) is 12.1 Å². The van der Waals surface area contributed by atoms with Gasteiger partial charge in [0.1, 0.15) is 11.9 Å². The molecule has 0 saturated heterocycles. The van der Waals surface area contributed by atoms with Crippen LogP contribution in [0.4, 0.5) is 4.39 Å². The Morgan fingerprint density at radius 2 is 1.91 bits per heavy atom. The van der Waals surface area contributed by atoms with Crippen molar-refractivity contribution >= 4 is 21.8 Å². The fourth-order valence-corrected chi connectivity index (χ4v) is 4.20. The van der Waals surface area contributed by atoms with E-state index in [4.69, 9.17) is 16.0 Å². The predicted octanol–water partition coefficient (Wildman–Crippen LogP) is 4.62. The Balaban J connectivity index is 1.77. The third kappa shape index (κ3) is 3.22. The lowest BCUT2D eigenvalue weighted by molar-refractivity contribution is 0.624. The van der Waals surface area contributed by atoms with Gasteiger partial charge in [0, 0.05) is 41.7 Å². The van der Waals surface area contributed by atoms with E-state index in [0.29, 0.717) is 12.1 Å². The summed E-state index contributed by atoms with van der Waals surface area (Å²) >= 11 is 0. The van der Waals surface area contributed by atoms with E-state index < -0.39 is 5.82 Å². The largest absolute Gasteiger partial charge is 0.346 e.